The van der Waals surface area contributed by atoms with E-state index in [0.717, 1.165) is 11.0 Å². The fourth-order valence-corrected chi connectivity index (χ4v) is 3.26. The molecule has 172 valence electrons. The van der Waals surface area contributed by atoms with Crippen LogP contribution in [0, 0.1) is 11.6 Å². The first-order chi connectivity index (χ1) is 14.9. The number of urea groups is 1. The average molecular weight is 453 g/mol. The zero-order valence-corrected chi connectivity index (χ0v) is 17.9. The summed E-state index contributed by atoms with van der Waals surface area (Å²) in [7, 11) is 0. The summed E-state index contributed by atoms with van der Waals surface area (Å²) in [6.07, 6.45) is -3.76. The highest BCUT2D eigenvalue weighted by Crippen LogP contribution is 2.41. The van der Waals surface area contributed by atoms with E-state index in [1.807, 2.05) is 0 Å². The number of benzene rings is 2. The van der Waals surface area contributed by atoms with Crippen LogP contribution in [0.4, 0.5) is 33.7 Å². The largest absolute Gasteiger partial charge is 0.478 e. The van der Waals surface area contributed by atoms with E-state index < -0.39 is 53.0 Å². The molecule has 2 aromatic carbocycles. The molecule has 3 amide bonds. The normalized spacial score (nSPS) is 16.0. The number of nitrogens with zero attached hydrogens (tertiary/aromatic N) is 1. The molecular formula is C22H23F4N3O3. The van der Waals surface area contributed by atoms with E-state index in [0.29, 0.717) is 5.56 Å². The van der Waals surface area contributed by atoms with E-state index in [-0.39, 0.29) is 17.9 Å². The highest BCUT2D eigenvalue weighted by molar-refractivity contribution is 6.01. The molecule has 1 aliphatic rings. The molecule has 0 saturated carbocycles. The van der Waals surface area contributed by atoms with Crippen molar-refractivity contribution in [2.45, 2.75) is 52.3 Å². The summed E-state index contributed by atoms with van der Waals surface area (Å²) in [5, 5.41) is 4.80. The third kappa shape index (κ3) is 4.95. The standard InChI is InChI=1S/C22H23F4N3O3/c1-11-20(30)29(10-12-6-5-7-13(8-12)19(25)26)18-15(32-11)9-14(16(23)17(18)24)27-21(31)28-22(2,3)4/h5-9,11,19H,10H2,1-4H3,(H2,27,28,31)/t11-/m1/s1. The number of hydrogen-bond donors (Lipinski definition) is 2. The minimum Gasteiger partial charge on any atom is -0.478 e. The maximum atomic E-state index is 15.1. The molecule has 1 atom stereocenters. The second kappa shape index (κ2) is 8.68. The lowest BCUT2D eigenvalue weighted by atomic mass is 10.1. The van der Waals surface area contributed by atoms with Crippen molar-refractivity contribution in [3.63, 3.8) is 0 Å². The Hall–Kier alpha value is -3.30. The Balaban J connectivity index is 1.98. The molecule has 6 nitrogen and oxygen atoms in total. The predicted octanol–water partition coefficient (Wildman–Crippen LogP) is 5.14. The van der Waals surface area contributed by atoms with Crippen molar-refractivity contribution in [3.05, 3.63) is 53.1 Å². The average Bonchev–Trinajstić information content (AvgIpc) is 2.68. The van der Waals surface area contributed by atoms with Crippen LogP contribution in [0.25, 0.3) is 0 Å². The topological polar surface area (TPSA) is 70.7 Å². The third-order valence-corrected chi connectivity index (χ3v) is 4.61. The molecule has 32 heavy (non-hydrogen) atoms. The predicted molar refractivity (Wildman–Crippen MR) is 111 cm³/mol. The Bertz CT molecular complexity index is 1050. The van der Waals surface area contributed by atoms with Gasteiger partial charge in [-0.05, 0) is 39.3 Å². The first-order valence-corrected chi connectivity index (χ1v) is 9.83. The van der Waals surface area contributed by atoms with Gasteiger partial charge in [0.2, 0.25) is 0 Å². The van der Waals surface area contributed by atoms with Gasteiger partial charge in [0, 0.05) is 17.2 Å². The number of halogens is 4. The second-order valence-electron chi connectivity index (χ2n) is 8.46. The number of fused-ring (bicyclic) bond motifs is 1. The van der Waals surface area contributed by atoms with E-state index in [1.54, 1.807) is 20.8 Å². The molecule has 0 aromatic heterocycles. The Morgan fingerprint density at radius 3 is 2.50 bits per heavy atom. The Morgan fingerprint density at radius 1 is 1.19 bits per heavy atom. The summed E-state index contributed by atoms with van der Waals surface area (Å²) in [6.45, 7) is 6.30. The van der Waals surface area contributed by atoms with Crippen molar-refractivity contribution in [1.29, 1.82) is 0 Å². The summed E-state index contributed by atoms with van der Waals surface area (Å²) in [6, 6.07) is 5.65. The third-order valence-electron chi connectivity index (χ3n) is 4.61. The van der Waals surface area contributed by atoms with Gasteiger partial charge in [0.1, 0.15) is 11.4 Å². The summed E-state index contributed by atoms with van der Waals surface area (Å²) in [4.78, 5) is 25.7. The van der Waals surface area contributed by atoms with Gasteiger partial charge in [0.15, 0.2) is 17.7 Å². The van der Waals surface area contributed by atoms with Gasteiger partial charge in [-0.3, -0.25) is 9.69 Å². The zero-order valence-electron chi connectivity index (χ0n) is 17.9. The summed E-state index contributed by atoms with van der Waals surface area (Å²) >= 11 is 0. The van der Waals surface area contributed by atoms with Gasteiger partial charge in [-0.25, -0.2) is 22.4 Å². The Kier molecular flexibility index (Phi) is 6.34. The molecule has 0 radical (unpaired) electrons. The SMILES string of the molecule is C[C@H]1Oc2cc(NC(=O)NC(C)(C)C)c(F)c(F)c2N(Cc2cccc(C(F)F)c2)C1=O. The first kappa shape index (κ1) is 23.4. The van der Waals surface area contributed by atoms with Crippen LogP contribution < -0.4 is 20.3 Å². The Labute approximate surface area is 182 Å². The molecular weight excluding hydrogens is 430 g/mol. The fraction of sp³-hybridized carbons (Fsp3) is 0.364. The van der Waals surface area contributed by atoms with Crippen molar-refractivity contribution in [3.8, 4) is 5.75 Å². The molecule has 10 heteroatoms. The smallest absolute Gasteiger partial charge is 0.319 e. The van der Waals surface area contributed by atoms with Gasteiger partial charge in [-0.15, -0.1) is 0 Å². The maximum absolute atomic E-state index is 15.1. The van der Waals surface area contributed by atoms with E-state index in [4.69, 9.17) is 4.74 Å². The van der Waals surface area contributed by atoms with Gasteiger partial charge in [-0.1, -0.05) is 18.2 Å². The monoisotopic (exact) mass is 453 g/mol. The van der Waals surface area contributed by atoms with Crippen LogP contribution in [0.15, 0.2) is 30.3 Å². The van der Waals surface area contributed by atoms with Crippen LogP contribution in [0.1, 0.15) is 45.2 Å². The Morgan fingerprint density at radius 2 is 1.88 bits per heavy atom. The first-order valence-electron chi connectivity index (χ1n) is 9.83. The molecule has 0 spiro atoms. The maximum Gasteiger partial charge on any atom is 0.319 e. The zero-order chi connectivity index (χ0) is 23.8. The lowest BCUT2D eigenvalue weighted by molar-refractivity contribution is -0.125. The van der Waals surface area contributed by atoms with E-state index in [9.17, 15) is 22.8 Å². The van der Waals surface area contributed by atoms with E-state index in [2.05, 4.69) is 10.6 Å². The summed E-state index contributed by atoms with van der Waals surface area (Å²) < 4.78 is 61.3. The number of nitrogens with one attached hydrogen (secondary N) is 2. The van der Waals surface area contributed by atoms with Crippen molar-refractivity contribution in [1.82, 2.24) is 5.32 Å². The summed E-state index contributed by atoms with van der Waals surface area (Å²) in [5.74, 6) is -3.61. The van der Waals surface area contributed by atoms with Crippen LogP contribution in [0.2, 0.25) is 0 Å². The molecule has 2 N–H and O–H groups in total. The highest BCUT2D eigenvalue weighted by Gasteiger charge is 2.36. The van der Waals surface area contributed by atoms with Gasteiger partial charge in [0.05, 0.1) is 12.2 Å². The molecule has 3 rings (SSSR count). The minimum absolute atomic E-state index is 0.160. The molecule has 0 bridgehead atoms. The quantitative estimate of drug-likeness (QED) is 0.630. The van der Waals surface area contributed by atoms with Crippen LogP contribution in [0.5, 0.6) is 5.75 Å². The lowest BCUT2D eigenvalue weighted by Crippen LogP contribution is -2.45. The number of rotatable bonds is 4. The number of amides is 3. The number of carbonyl (C=O) groups is 2. The number of carbonyl (C=O) groups excluding carboxylic acids is 2. The van der Waals surface area contributed by atoms with Gasteiger partial charge in [0.25, 0.3) is 12.3 Å². The van der Waals surface area contributed by atoms with Crippen LogP contribution in [-0.2, 0) is 11.3 Å². The molecule has 0 fully saturated rings. The van der Waals surface area contributed by atoms with E-state index >= 15 is 4.39 Å². The van der Waals surface area contributed by atoms with Gasteiger partial charge < -0.3 is 15.4 Å². The number of alkyl halides is 2. The van der Waals surface area contributed by atoms with Crippen LogP contribution in [-0.4, -0.2) is 23.6 Å². The molecule has 2 aromatic rings. The molecule has 1 heterocycles. The van der Waals surface area contributed by atoms with Gasteiger partial charge >= 0.3 is 6.03 Å². The van der Waals surface area contributed by atoms with Crippen molar-refractivity contribution in [2.24, 2.45) is 0 Å². The molecule has 0 saturated heterocycles. The van der Waals surface area contributed by atoms with Gasteiger partial charge in [-0.2, -0.15) is 0 Å². The van der Waals surface area contributed by atoms with Crippen LogP contribution in [0.3, 0.4) is 0 Å². The van der Waals surface area contributed by atoms with Crippen LogP contribution >= 0.6 is 0 Å². The van der Waals surface area contributed by atoms with Crippen molar-refractivity contribution < 1.29 is 31.9 Å². The summed E-state index contributed by atoms with van der Waals surface area (Å²) in [5.41, 5.74) is -1.50. The van der Waals surface area contributed by atoms with Crippen molar-refractivity contribution >= 4 is 23.3 Å². The second-order valence-corrected chi connectivity index (χ2v) is 8.46. The molecule has 0 unspecified atom stereocenters. The fourth-order valence-electron chi connectivity index (χ4n) is 3.26. The number of ether oxygens (including phenoxy) is 1. The molecule has 1 aliphatic heterocycles. The minimum atomic E-state index is -2.72. The highest BCUT2D eigenvalue weighted by atomic mass is 19.3. The molecule has 0 aliphatic carbocycles. The van der Waals surface area contributed by atoms with E-state index in [1.165, 1.54) is 31.2 Å². The lowest BCUT2D eigenvalue weighted by Gasteiger charge is -2.34. The number of hydrogen-bond acceptors (Lipinski definition) is 3. The number of anilines is 2. The van der Waals surface area contributed by atoms with Crippen molar-refractivity contribution in [2.75, 3.05) is 10.2 Å².